The number of para-hydroxylation sites is 1. The number of carbonyl (C=O) groups excluding carboxylic acids is 3. The van der Waals surface area contributed by atoms with E-state index in [1.54, 1.807) is 13.0 Å². The zero-order chi connectivity index (χ0) is 20.1. The summed E-state index contributed by atoms with van der Waals surface area (Å²) < 4.78 is 5.58. The first-order valence-corrected chi connectivity index (χ1v) is 8.85. The average Bonchev–Trinajstić information content (AvgIpc) is 3.03. The van der Waals surface area contributed by atoms with Crippen molar-refractivity contribution in [2.75, 3.05) is 0 Å². The van der Waals surface area contributed by atoms with Gasteiger partial charge in [-0.1, -0.05) is 48.5 Å². The standard InChI is InChI=1S/C21H21N3O4/c1-13-16-10-6-7-11-18(16)28-20(13)21(27)24-23-19(26)12-17(22-14(2)25)15-8-4-3-5-9-15/h3-11,17H,12H2,1-2H3,(H,22,25)(H,23,26)(H,24,27)/t17-/m0/s1. The van der Waals surface area contributed by atoms with Crippen molar-refractivity contribution in [3.8, 4) is 0 Å². The number of nitrogens with one attached hydrogen (secondary N) is 3. The van der Waals surface area contributed by atoms with Crippen LogP contribution >= 0.6 is 0 Å². The number of benzene rings is 2. The Morgan fingerprint density at radius 3 is 2.32 bits per heavy atom. The molecule has 0 unspecified atom stereocenters. The molecule has 0 spiro atoms. The maximum absolute atomic E-state index is 12.4. The highest BCUT2D eigenvalue weighted by molar-refractivity contribution is 5.99. The number of hydrogen-bond donors (Lipinski definition) is 3. The number of hydrazine groups is 1. The van der Waals surface area contributed by atoms with Crippen LogP contribution in [0.1, 0.15) is 41.1 Å². The summed E-state index contributed by atoms with van der Waals surface area (Å²) in [5.41, 5.74) is 6.84. The molecule has 0 saturated carbocycles. The molecule has 144 valence electrons. The van der Waals surface area contributed by atoms with Crippen molar-refractivity contribution in [2.45, 2.75) is 26.3 Å². The monoisotopic (exact) mass is 379 g/mol. The molecule has 0 aliphatic rings. The molecule has 0 saturated heterocycles. The van der Waals surface area contributed by atoms with Gasteiger partial charge in [-0.2, -0.15) is 0 Å². The smallest absolute Gasteiger partial charge is 0.305 e. The average molecular weight is 379 g/mol. The molecule has 7 heteroatoms. The van der Waals surface area contributed by atoms with E-state index in [-0.39, 0.29) is 18.1 Å². The first kappa shape index (κ1) is 19.2. The Kier molecular flexibility index (Phi) is 5.74. The molecule has 0 fully saturated rings. The Hall–Kier alpha value is -3.61. The number of rotatable bonds is 5. The minimum absolute atomic E-state index is 0.0248. The highest BCUT2D eigenvalue weighted by atomic mass is 16.3. The lowest BCUT2D eigenvalue weighted by molar-refractivity contribution is -0.123. The van der Waals surface area contributed by atoms with Crippen molar-refractivity contribution < 1.29 is 18.8 Å². The van der Waals surface area contributed by atoms with Crippen LogP contribution in [-0.2, 0) is 9.59 Å². The topological polar surface area (TPSA) is 100 Å². The van der Waals surface area contributed by atoms with Gasteiger partial charge < -0.3 is 9.73 Å². The third-order valence-corrected chi connectivity index (χ3v) is 4.33. The zero-order valence-electron chi connectivity index (χ0n) is 15.6. The van der Waals surface area contributed by atoms with Gasteiger partial charge in [-0.05, 0) is 18.6 Å². The van der Waals surface area contributed by atoms with Gasteiger partial charge in [0.15, 0.2) is 5.76 Å². The van der Waals surface area contributed by atoms with Crippen LogP contribution in [0, 0.1) is 6.92 Å². The van der Waals surface area contributed by atoms with Crippen LogP contribution in [-0.4, -0.2) is 17.7 Å². The molecule has 3 aromatic rings. The Morgan fingerprint density at radius 2 is 1.64 bits per heavy atom. The summed E-state index contributed by atoms with van der Waals surface area (Å²) in [7, 11) is 0. The summed E-state index contributed by atoms with van der Waals surface area (Å²) in [4.78, 5) is 36.1. The van der Waals surface area contributed by atoms with Gasteiger partial charge in [0.1, 0.15) is 5.58 Å². The fraction of sp³-hybridized carbons (Fsp3) is 0.190. The van der Waals surface area contributed by atoms with E-state index in [4.69, 9.17) is 4.42 Å². The van der Waals surface area contributed by atoms with Crippen LogP contribution in [0.15, 0.2) is 59.0 Å². The van der Waals surface area contributed by atoms with Crippen molar-refractivity contribution >= 4 is 28.7 Å². The van der Waals surface area contributed by atoms with Crippen LogP contribution < -0.4 is 16.2 Å². The number of aryl methyl sites for hydroxylation is 1. The number of amides is 3. The summed E-state index contributed by atoms with van der Waals surface area (Å²) in [5, 5.41) is 3.58. The van der Waals surface area contributed by atoms with Gasteiger partial charge in [-0.25, -0.2) is 0 Å². The summed E-state index contributed by atoms with van der Waals surface area (Å²) in [6, 6.07) is 16.0. The minimum atomic E-state index is -0.544. The Morgan fingerprint density at radius 1 is 0.964 bits per heavy atom. The fourth-order valence-corrected chi connectivity index (χ4v) is 2.99. The molecule has 3 rings (SSSR count). The Bertz CT molecular complexity index is 1010. The Balaban J connectivity index is 1.64. The van der Waals surface area contributed by atoms with E-state index in [9.17, 15) is 14.4 Å². The summed E-state index contributed by atoms with van der Waals surface area (Å²) in [6.07, 6.45) is -0.0248. The molecule has 3 amide bonds. The highest BCUT2D eigenvalue weighted by Crippen LogP contribution is 2.24. The molecule has 1 heterocycles. The molecule has 0 bridgehead atoms. The lowest BCUT2D eigenvalue weighted by Crippen LogP contribution is -2.43. The van der Waals surface area contributed by atoms with Gasteiger partial charge in [0.05, 0.1) is 12.5 Å². The number of hydrogen-bond acceptors (Lipinski definition) is 4. The number of fused-ring (bicyclic) bond motifs is 1. The molecular weight excluding hydrogens is 358 g/mol. The van der Waals surface area contributed by atoms with Crippen molar-refractivity contribution in [1.82, 2.24) is 16.2 Å². The second-order valence-corrected chi connectivity index (χ2v) is 6.42. The molecule has 7 nitrogen and oxygen atoms in total. The third kappa shape index (κ3) is 4.37. The molecule has 28 heavy (non-hydrogen) atoms. The maximum Gasteiger partial charge on any atom is 0.305 e. The van der Waals surface area contributed by atoms with Crippen LogP contribution in [0.5, 0.6) is 0 Å². The van der Waals surface area contributed by atoms with Crippen LogP contribution in [0.2, 0.25) is 0 Å². The van der Waals surface area contributed by atoms with Gasteiger partial charge in [0, 0.05) is 17.9 Å². The van der Waals surface area contributed by atoms with Gasteiger partial charge in [-0.3, -0.25) is 25.2 Å². The summed E-state index contributed by atoms with van der Waals surface area (Å²) in [6.45, 7) is 3.17. The van der Waals surface area contributed by atoms with E-state index in [1.807, 2.05) is 48.5 Å². The van der Waals surface area contributed by atoms with E-state index in [2.05, 4.69) is 16.2 Å². The molecule has 0 radical (unpaired) electrons. The summed E-state index contributed by atoms with van der Waals surface area (Å²) in [5.74, 6) is -1.09. The lowest BCUT2D eigenvalue weighted by Gasteiger charge is -2.18. The fourth-order valence-electron chi connectivity index (χ4n) is 2.99. The van der Waals surface area contributed by atoms with E-state index in [0.717, 1.165) is 10.9 Å². The molecule has 1 aromatic heterocycles. The predicted molar refractivity (Wildman–Crippen MR) is 104 cm³/mol. The largest absolute Gasteiger partial charge is 0.451 e. The molecular formula is C21H21N3O4. The first-order valence-electron chi connectivity index (χ1n) is 8.85. The van der Waals surface area contributed by atoms with Crippen LogP contribution in [0.25, 0.3) is 11.0 Å². The van der Waals surface area contributed by atoms with Crippen molar-refractivity contribution in [3.63, 3.8) is 0 Å². The quantitative estimate of drug-likeness (QED) is 0.594. The van der Waals surface area contributed by atoms with E-state index in [0.29, 0.717) is 11.1 Å². The number of furan rings is 1. The molecule has 3 N–H and O–H groups in total. The first-order chi connectivity index (χ1) is 13.5. The molecule has 0 aliphatic carbocycles. The third-order valence-electron chi connectivity index (χ3n) is 4.33. The van der Waals surface area contributed by atoms with Gasteiger partial charge in [0.2, 0.25) is 11.8 Å². The van der Waals surface area contributed by atoms with Gasteiger partial charge >= 0.3 is 5.91 Å². The van der Waals surface area contributed by atoms with E-state index in [1.165, 1.54) is 6.92 Å². The van der Waals surface area contributed by atoms with Gasteiger partial charge in [0.25, 0.3) is 0 Å². The highest BCUT2D eigenvalue weighted by Gasteiger charge is 2.20. The van der Waals surface area contributed by atoms with Crippen LogP contribution in [0.4, 0.5) is 0 Å². The summed E-state index contributed by atoms with van der Waals surface area (Å²) >= 11 is 0. The van der Waals surface area contributed by atoms with Crippen molar-refractivity contribution in [3.05, 3.63) is 71.5 Å². The second kappa shape index (κ2) is 8.39. The van der Waals surface area contributed by atoms with Crippen molar-refractivity contribution in [1.29, 1.82) is 0 Å². The second-order valence-electron chi connectivity index (χ2n) is 6.42. The van der Waals surface area contributed by atoms with E-state index < -0.39 is 17.9 Å². The minimum Gasteiger partial charge on any atom is -0.451 e. The van der Waals surface area contributed by atoms with Crippen molar-refractivity contribution in [2.24, 2.45) is 0 Å². The molecule has 2 aromatic carbocycles. The van der Waals surface area contributed by atoms with Gasteiger partial charge in [-0.15, -0.1) is 0 Å². The molecule has 1 atom stereocenters. The number of carbonyl (C=O) groups is 3. The van der Waals surface area contributed by atoms with Crippen LogP contribution in [0.3, 0.4) is 0 Å². The van der Waals surface area contributed by atoms with E-state index >= 15 is 0 Å². The molecule has 0 aliphatic heterocycles. The lowest BCUT2D eigenvalue weighted by atomic mass is 10.0. The zero-order valence-corrected chi connectivity index (χ0v) is 15.6. The SMILES string of the molecule is CC(=O)N[C@@H](CC(=O)NNC(=O)c1oc2ccccc2c1C)c1ccccc1. The maximum atomic E-state index is 12.4. The normalized spacial score (nSPS) is 11.6. The Labute approximate surface area is 162 Å². The predicted octanol–water partition coefficient (Wildman–Crippen LogP) is 2.77.